The van der Waals surface area contributed by atoms with Crippen molar-refractivity contribution in [3.05, 3.63) is 21.9 Å². The number of hydrogen-bond donors (Lipinski definition) is 1. The van der Waals surface area contributed by atoms with Crippen molar-refractivity contribution in [3.63, 3.8) is 0 Å². The first-order chi connectivity index (χ1) is 4.74. The van der Waals surface area contributed by atoms with Crippen LogP contribution < -0.4 is 0 Å². The van der Waals surface area contributed by atoms with Gasteiger partial charge in [-0.25, -0.2) is 0 Å². The van der Waals surface area contributed by atoms with E-state index >= 15 is 0 Å². The molecule has 1 unspecified atom stereocenters. The maximum Gasteiger partial charge on any atom is 0.153 e. The van der Waals surface area contributed by atoms with Crippen LogP contribution in [-0.2, 0) is 4.79 Å². The van der Waals surface area contributed by atoms with Gasteiger partial charge in [-0.15, -0.1) is 11.3 Å². The highest BCUT2D eigenvalue weighted by molar-refractivity contribution is 7.10. The van der Waals surface area contributed by atoms with Gasteiger partial charge in [0.25, 0.3) is 0 Å². The zero-order chi connectivity index (χ0) is 7.56. The van der Waals surface area contributed by atoms with Gasteiger partial charge in [-0.2, -0.15) is 0 Å². The Morgan fingerprint density at radius 1 is 1.80 bits per heavy atom. The lowest BCUT2D eigenvalue weighted by molar-refractivity contribution is -0.115. The summed E-state index contributed by atoms with van der Waals surface area (Å²) in [6, 6.07) is 1.81. The van der Waals surface area contributed by atoms with Crippen molar-refractivity contribution in [1.29, 1.82) is 0 Å². The summed E-state index contributed by atoms with van der Waals surface area (Å²) in [4.78, 5) is 11.2. The molecule has 0 aliphatic carbocycles. The smallest absolute Gasteiger partial charge is 0.153 e. The van der Waals surface area contributed by atoms with Gasteiger partial charge < -0.3 is 9.90 Å². The molecule has 1 heterocycles. The molecule has 0 aliphatic rings. The molecular formula is C7H8O2S. The van der Waals surface area contributed by atoms with E-state index in [2.05, 4.69) is 0 Å². The molecule has 0 aromatic carbocycles. The van der Waals surface area contributed by atoms with Gasteiger partial charge in [-0.1, -0.05) is 0 Å². The Morgan fingerprint density at radius 2 is 2.50 bits per heavy atom. The molecule has 0 saturated carbocycles. The normalized spacial score (nSPS) is 13.0. The molecule has 1 rings (SSSR count). The van der Waals surface area contributed by atoms with Crippen LogP contribution in [0.1, 0.15) is 16.5 Å². The number of aldehydes is 1. The molecule has 0 spiro atoms. The number of carbonyl (C=O) groups is 1. The zero-order valence-corrected chi connectivity index (χ0v) is 6.39. The third-order valence-corrected chi connectivity index (χ3v) is 2.10. The van der Waals surface area contributed by atoms with Gasteiger partial charge in [0.2, 0.25) is 0 Å². The molecule has 2 nitrogen and oxygen atoms in total. The van der Waals surface area contributed by atoms with E-state index in [1.807, 2.05) is 13.0 Å². The molecule has 3 heteroatoms. The van der Waals surface area contributed by atoms with E-state index in [0.717, 1.165) is 4.88 Å². The van der Waals surface area contributed by atoms with Gasteiger partial charge in [0.15, 0.2) is 6.29 Å². The molecule has 0 bridgehead atoms. The van der Waals surface area contributed by atoms with Crippen molar-refractivity contribution in [2.24, 2.45) is 0 Å². The number of aliphatic hydroxyl groups is 1. The first-order valence-corrected chi connectivity index (χ1v) is 3.80. The summed E-state index contributed by atoms with van der Waals surface area (Å²) in [6.45, 7) is 1.94. The van der Waals surface area contributed by atoms with Crippen LogP contribution in [0, 0.1) is 6.92 Å². The summed E-state index contributed by atoms with van der Waals surface area (Å²) in [6.07, 6.45) is -0.411. The molecule has 0 aliphatic heterocycles. The Hall–Kier alpha value is -0.670. The Kier molecular flexibility index (Phi) is 2.19. The van der Waals surface area contributed by atoms with Crippen LogP contribution in [0.5, 0.6) is 0 Å². The minimum atomic E-state index is -0.940. The predicted molar refractivity (Wildman–Crippen MR) is 40.1 cm³/mol. The van der Waals surface area contributed by atoms with Crippen molar-refractivity contribution in [2.75, 3.05) is 0 Å². The molecule has 0 saturated heterocycles. The van der Waals surface area contributed by atoms with Gasteiger partial charge in [-0.05, 0) is 23.9 Å². The van der Waals surface area contributed by atoms with Crippen LogP contribution in [0.2, 0.25) is 0 Å². The maximum atomic E-state index is 10.1. The Morgan fingerprint density at radius 3 is 2.90 bits per heavy atom. The number of aliphatic hydroxyl groups excluding tert-OH is 1. The lowest BCUT2D eigenvalue weighted by atomic mass is 10.2. The third-order valence-electron chi connectivity index (χ3n) is 1.22. The van der Waals surface area contributed by atoms with Crippen molar-refractivity contribution >= 4 is 17.6 Å². The van der Waals surface area contributed by atoms with Gasteiger partial charge in [0.05, 0.1) is 0 Å². The molecule has 54 valence electrons. The van der Waals surface area contributed by atoms with E-state index in [1.54, 1.807) is 5.38 Å². The largest absolute Gasteiger partial charge is 0.381 e. The number of rotatable bonds is 2. The lowest BCUT2D eigenvalue weighted by Gasteiger charge is -1.94. The van der Waals surface area contributed by atoms with Crippen molar-refractivity contribution in [3.8, 4) is 0 Å². The number of aryl methyl sites for hydroxylation is 1. The van der Waals surface area contributed by atoms with Crippen molar-refractivity contribution in [2.45, 2.75) is 13.0 Å². The van der Waals surface area contributed by atoms with Crippen molar-refractivity contribution < 1.29 is 9.90 Å². The minimum absolute atomic E-state index is 0.529. The standard InChI is InChI=1S/C7H8O2S/c1-5-2-6(4-10-5)7(9)3-8/h2-4,7,9H,1H3. The summed E-state index contributed by atoms with van der Waals surface area (Å²) in [5.74, 6) is 0. The van der Waals surface area contributed by atoms with Crippen LogP contribution in [0.25, 0.3) is 0 Å². The molecule has 1 aromatic rings. The molecule has 10 heavy (non-hydrogen) atoms. The van der Waals surface area contributed by atoms with Crippen LogP contribution in [0.3, 0.4) is 0 Å². The quantitative estimate of drug-likeness (QED) is 0.655. The second-order valence-electron chi connectivity index (χ2n) is 2.07. The summed E-state index contributed by atoms with van der Waals surface area (Å²) in [5, 5.41) is 10.8. The van der Waals surface area contributed by atoms with Gasteiger partial charge in [0, 0.05) is 4.88 Å². The fourth-order valence-corrected chi connectivity index (χ4v) is 1.43. The Labute approximate surface area is 63.1 Å². The van der Waals surface area contributed by atoms with E-state index in [-0.39, 0.29) is 0 Å². The topological polar surface area (TPSA) is 37.3 Å². The monoisotopic (exact) mass is 156 g/mol. The fraction of sp³-hybridized carbons (Fsp3) is 0.286. The average molecular weight is 156 g/mol. The number of carbonyl (C=O) groups excluding carboxylic acids is 1. The highest BCUT2D eigenvalue weighted by Gasteiger charge is 2.05. The van der Waals surface area contributed by atoms with E-state index in [0.29, 0.717) is 11.8 Å². The minimum Gasteiger partial charge on any atom is -0.381 e. The number of thiophene rings is 1. The van der Waals surface area contributed by atoms with Crippen LogP contribution >= 0.6 is 11.3 Å². The first kappa shape index (κ1) is 7.44. The highest BCUT2D eigenvalue weighted by Crippen LogP contribution is 2.18. The lowest BCUT2D eigenvalue weighted by Crippen LogP contribution is -1.94. The third kappa shape index (κ3) is 1.43. The molecule has 0 radical (unpaired) electrons. The van der Waals surface area contributed by atoms with Gasteiger partial charge in [0.1, 0.15) is 6.10 Å². The molecule has 1 N–H and O–H groups in total. The molecule has 1 aromatic heterocycles. The van der Waals surface area contributed by atoms with Crippen LogP contribution in [0.15, 0.2) is 11.4 Å². The summed E-state index contributed by atoms with van der Waals surface area (Å²) in [5.41, 5.74) is 0.692. The van der Waals surface area contributed by atoms with Gasteiger partial charge in [-0.3, -0.25) is 0 Å². The van der Waals surface area contributed by atoms with Crippen LogP contribution in [0.4, 0.5) is 0 Å². The second kappa shape index (κ2) is 2.94. The SMILES string of the molecule is Cc1cc(C(O)C=O)cs1. The fourth-order valence-electron chi connectivity index (χ4n) is 0.697. The zero-order valence-electron chi connectivity index (χ0n) is 5.57. The summed E-state index contributed by atoms with van der Waals surface area (Å²) < 4.78 is 0. The van der Waals surface area contributed by atoms with E-state index in [4.69, 9.17) is 5.11 Å². The second-order valence-corrected chi connectivity index (χ2v) is 3.19. The Balaban J connectivity index is 2.84. The number of hydrogen-bond acceptors (Lipinski definition) is 3. The van der Waals surface area contributed by atoms with Crippen LogP contribution in [-0.4, -0.2) is 11.4 Å². The average Bonchev–Trinajstić information content (AvgIpc) is 2.34. The molecule has 0 fully saturated rings. The maximum absolute atomic E-state index is 10.1. The molecule has 1 atom stereocenters. The van der Waals surface area contributed by atoms with E-state index in [9.17, 15) is 4.79 Å². The first-order valence-electron chi connectivity index (χ1n) is 2.92. The highest BCUT2D eigenvalue weighted by atomic mass is 32.1. The van der Waals surface area contributed by atoms with E-state index in [1.165, 1.54) is 11.3 Å². The summed E-state index contributed by atoms with van der Waals surface area (Å²) in [7, 11) is 0. The van der Waals surface area contributed by atoms with E-state index < -0.39 is 6.10 Å². The summed E-state index contributed by atoms with van der Waals surface area (Å²) >= 11 is 1.53. The molecular weight excluding hydrogens is 148 g/mol. The van der Waals surface area contributed by atoms with Gasteiger partial charge >= 0.3 is 0 Å². The van der Waals surface area contributed by atoms with Crippen molar-refractivity contribution in [1.82, 2.24) is 0 Å². The predicted octanol–water partition coefficient (Wildman–Crippen LogP) is 1.29. The molecule has 0 amide bonds. The Bertz CT molecular complexity index is 229.